The molecule has 20 heterocycles. The zero-order valence-electron chi connectivity index (χ0n) is 62.0. The minimum absolute atomic E-state index is 0.0183. The van der Waals surface area contributed by atoms with E-state index in [0.717, 1.165) is 127 Å². The molecule has 20 aromatic heterocycles. The van der Waals surface area contributed by atoms with Crippen molar-refractivity contribution in [2.24, 2.45) is 23.7 Å². The van der Waals surface area contributed by atoms with Gasteiger partial charge in [-0.1, -0.05) is 0 Å². The summed E-state index contributed by atoms with van der Waals surface area (Å²) in [4.78, 5) is 81.4. The summed E-state index contributed by atoms with van der Waals surface area (Å²) in [5.74, 6) is 3.95. The molecule has 4 amide bonds. The molecular formula is C76H58N34O5S5. The lowest BCUT2D eigenvalue weighted by atomic mass is 10.2. The topological polar surface area (TPSA) is 454 Å². The highest BCUT2D eigenvalue weighted by molar-refractivity contribution is 7.99. The molecule has 0 aromatic carbocycles. The number of imidazole rings is 5. The number of aromatic amines is 2. The number of carbonyl (C=O) groups excluding carboxylic acids is 4. The molecule has 24 rings (SSSR count). The summed E-state index contributed by atoms with van der Waals surface area (Å²) >= 11 is 7.16. The second kappa shape index (κ2) is 31.2. The van der Waals surface area contributed by atoms with Crippen LogP contribution in [0.4, 0.5) is 23.3 Å². The van der Waals surface area contributed by atoms with Crippen molar-refractivity contribution >= 4 is 150 Å². The normalized spacial score (nSPS) is 13.9. The first kappa shape index (κ1) is 73.1. The molecule has 4 aliphatic carbocycles. The lowest BCUT2D eigenvalue weighted by Crippen LogP contribution is -2.13. The van der Waals surface area contributed by atoms with E-state index in [9.17, 15) is 19.2 Å². The Bertz CT molecular complexity index is 6400. The third kappa shape index (κ3) is 15.9. The lowest BCUT2D eigenvalue weighted by Gasteiger charge is -2.02. The molecule has 0 spiro atoms. The van der Waals surface area contributed by atoms with E-state index >= 15 is 0 Å². The Morgan fingerprint density at radius 1 is 0.375 bits per heavy atom. The molecule has 0 aliphatic heterocycles. The van der Waals surface area contributed by atoms with Crippen LogP contribution in [-0.2, 0) is 19.2 Å². The van der Waals surface area contributed by atoms with E-state index in [1.807, 2.05) is 151 Å². The van der Waals surface area contributed by atoms with Crippen molar-refractivity contribution < 1.29 is 23.6 Å². The Morgan fingerprint density at radius 2 is 0.750 bits per heavy atom. The average molecular weight is 1690 g/mol. The molecular weight excluding hydrogens is 1630 g/mol. The molecule has 0 unspecified atom stereocenters. The number of H-pyrrole nitrogens is 2. The SMILES string of the molecule is O=C(Nc1cn2nc(Sc3nnc4ccc(-c5ccn[nH]5)cn34)ccc2n1)C1CC1.O=C(Nc1cn2nc(Sc3nnc4ccc(-c5ncc[nH]5)cn34)ccc2n1)C1CC1.O=C(Nc1cn2nc(Sc3nnc4ccc(-c5ncco5)cn34)ccc2n1)C1CC1.O=C(Nc1cn2nc(Sc3nnc4ccc(-c5nccs5)cn34)ccc2n1)C1CC1. The number of thiazole rings is 1. The number of hydrogen-bond donors (Lipinski definition) is 6. The summed E-state index contributed by atoms with van der Waals surface area (Å²) in [6, 6.07) is 32.2. The van der Waals surface area contributed by atoms with Crippen LogP contribution < -0.4 is 21.3 Å². The van der Waals surface area contributed by atoms with Gasteiger partial charge < -0.3 is 30.7 Å². The van der Waals surface area contributed by atoms with E-state index in [2.05, 4.69) is 133 Å². The van der Waals surface area contributed by atoms with Crippen LogP contribution in [0.25, 0.3) is 89.8 Å². The third-order valence-corrected chi connectivity index (χ3v) is 23.6. The summed E-state index contributed by atoms with van der Waals surface area (Å²) in [5, 5.41) is 79.3. The van der Waals surface area contributed by atoms with Crippen molar-refractivity contribution in [3.63, 3.8) is 0 Å². The highest BCUT2D eigenvalue weighted by atomic mass is 32.2. The number of aromatic nitrogens is 30. The third-order valence-electron chi connectivity index (χ3n) is 19.2. The molecule has 4 saturated carbocycles. The quantitative estimate of drug-likeness (QED) is 0.0413. The van der Waals surface area contributed by atoms with Gasteiger partial charge in [-0.15, -0.1) is 52.1 Å². The molecule has 4 aliphatic rings. The van der Waals surface area contributed by atoms with Crippen LogP contribution in [0, 0.1) is 23.7 Å². The van der Waals surface area contributed by atoms with Gasteiger partial charge in [0.25, 0.3) is 0 Å². The van der Waals surface area contributed by atoms with Crippen molar-refractivity contribution in [3.05, 3.63) is 195 Å². The van der Waals surface area contributed by atoms with Gasteiger partial charge in [-0.05, 0) is 202 Å². The molecule has 0 bridgehead atoms. The summed E-state index contributed by atoms with van der Waals surface area (Å²) in [7, 11) is 0. The van der Waals surface area contributed by atoms with Gasteiger partial charge >= 0.3 is 0 Å². The second-order valence-electron chi connectivity index (χ2n) is 28.0. The fraction of sp³-hybridized carbons (Fsp3) is 0.158. The van der Waals surface area contributed by atoms with Gasteiger partial charge in [-0.25, -0.2) is 52.9 Å². The van der Waals surface area contributed by atoms with Crippen molar-refractivity contribution in [2.45, 2.75) is 92.1 Å². The molecule has 4 fully saturated rings. The highest BCUT2D eigenvalue weighted by Gasteiger charge is 2.33. The van der Waals surface area contributed by atoms with Gasteiger partial charge in [-0.2, -0.15) is 25.5 Å². The van der Waals surface area contributed by atoms with Crippen molar-refractivity contribution in [1.29, 1.82) is 0 Å². The molecule has 44 heteroatoms. The van der Waals surface area contributed by atoms with Crippen molar-refractivity contribution in [1.82, 2.24) is 147 Å². The summed E-state index contributed by atoms with van der Waals surface area (Å²) in [6.07, 6.45) is 32.4. The number of rotatable bonds is 20. The first-order valence-electron chi connectivity index (χ1n) is 37.5. The Hall–Kier alpha value is -14.5. The van der Waals surface area contributed by atoms with E-state index in [-0.39, 0.29) is 47.3 Å². The van der Waals surface area contributed by atoms with Gasteiger partial charge in [0, 0.05) is 95.3 Å². The molecule has 0 atom stereocenters. The van der Waals surface area contributed by atoms with Crippen molar-refractivity contribution in [3.8, 4) is 44.7 Å². The van der Waals surface area contributed by atoms with Crippen LogP contribution in [-0.4, -0.2) is 171 Å². The number of nitrogens with zero attached hydrogens (tertiary/aromatic N) is 28. The molecule has 6 N–H and O–H groups in total. The maximum atomic E-state index is 12.0. The molecule has 0 radical (unpaired) electrons. The lowest BCUT2D eigenvalue weighted by molar-refractivity contribution is -0.118. The van der Waals surface area contributed by atoms with E-state index in [0.29, 0.717) is 78.0 Å². The molecule has 39 nitrogen and oxygen atoms in total. The Labute approximate surface area is 693 Å². The number of hydrogen-bond acceptors (Lipinski definition) is 30. The van der Waals surface area contributed by atoms with Crippen LogP contribution in [0.15, 0.2) is 240 Å². The van der Waals surface area contributed by atoms with E-state index < -0.39 is 0 Å². The Kier molecular flexibility index (Phi) is 19.0. The van der Waals surface area contributed by atoms with Gasteiger partial charge in [0.2, 0.25) is 50.1 Å². The van der Waals surface area contributed by atoms with E-state index in [1.165, 1.54) is 53.3 Å². The largest absolute Gasteiger partial charge is 0.444 e. The molecule has 120 heavy (non-hydrogen) atoms. The van der Waals surface area contributed by atoms with E-state index in [1.54, 1.807) is 85.2 Å². The van der Waals surface area contributed by atoms with Crippen LogP contribution in [0.5, 0.6) is 0 Å². The van der Waals surface area contributed by atoms with Crippen LogP contribution >= 0.6 is 58.4 Å². The maximum Gasteiger partial charge on any atom is 0.228 e. The van der Waals surface area contributed by atoms with Gasteiger partial charge in [0.15, 0.2) is 68.4 Å². The molecule has 592 valence electrons. The maximum absolute atomic E-state index is 12.0. The first-order chi connectivity index (χ1) is 58.9. The van der Waals surface area contributed by atoms with Crippen molar-refractivity contribution in [2.75, 3.05) is 21.3 Å². The monoisotopic (exact) mass is 1690 g/mol. The van der Waals surface area contributed by atoms with Gasteiger partial charge in [-0.3, -0.25) is 41.9 Å². The highest BCUT2D eigenvalue weighted by Crippen LogP contribution is 2.37. The molecule has 0 saturated heterocycles. The minimum Gasteiger partial charge on any atom is -0.444 e. The Morgan fingerprint density at radius 3 is 1.11 bits per heavy atom. The minimum atomic E-state index is 0.0183. The number of pyridine rings is 4. The zero-order valence-corrected chi connectivity index (χ0v) is 66.1. The summed E-state index contributed by atoms with van der Waals surface area (Å²) < 4.78 is 19.6. The number of oxazole rings is 1. The first-order valence-corrected chi connectivity index (χ1v) is 41.6. The second-order valence-corrected chi connectivity index (χ2v) is 32.8. The standard InChI is InChI=1S/2C19H15N9OS.C19H14N8O2S.C19H14N8OS2/c29-18(11-1-2-11)23-13-10-28-14(22-13)5-6-16(26-28)30-19-25-24-15-4-3-12(9-27(15)19)17-20-7-8-21-17;29-18(11-1-2-11)22-14-10-28-15(21-14)5-6-17(26-28)30-19-25-24-16-4-3-12(9-27(16)19)13-7-8-20-23-13;2*28-17(11-1-2-11)22-13-10-27-14(21-13)5-6-16(25-27)30-19-24-23-15-4-3-12(9-26(15)19)18-20-7-8-29-18/h3-11H,1-2H2,(H,20,21)(H,23,29);3-11H,1-2H2,(H,20,23)(H,22,29);2*3-11H,1-2H2,(H,22,28). The Balaban J connectivity index is 0.0000000990. The van der Waals surface area contributed by atoms with E-state index in [4.69, 9.17) is 4.42 Å². The van der Waals surface area contributed by atoms with Gasteiger partial charge in [0.05, 0.1) is 42.2 Å². The predicted molar refractivity (Wildman–Crippen MR) is 438 cm³/mol. The van der Waals surface area contributed by atoms with Crippen LogP contribution in [0.2, 0.25) is 0 Å². The summed E-state index contributed by atoms with van der Waals surface area (Å²) in [5.41, 5.74) is 10.3. The number of fused-ring (bicyclic) bond motifs is 8. The average Bonchev–Trinajstić information content (AvgIpc) is 1.66. The fourth-order valence-corrected chi connectivity index (χ4v) is 16.2. The number of amides is 4. The predicted octanol–water partition coefficient (Wildman–Crippen LogP) is 11.6. The van der Waals surface area contributed by atoms with Crippen LogP contribution in [0.1, 0.15) is 51.4 Å². The smallest absolute Gasteiger partial charge is 0.228 e. The zero-order chi connectivity index (χ0) is 80.3. The molecule has 20 aromatic rings. The number of carbonyl (C=O) groups is 4. The fourth-order valence-electron chi connectivity index (χ4n) is 12.5. The number of anilines is 4. The summed E-state index contributed by atoms with van der Waals surface area (Å²) in [6.45, 7) is 0. The van der Waals surface area contributed by atoms with Crippen LogP contribution in [0.3, 0.4) is 0 Å². The van der Waals surface area contributed by atoms with Gasteiger partial charge in [0.1, 0.15) is 37.2 Å². The number of nitrogens with one attached hydrogen (secondary N) is 6.